The first kappa shape index (κ1) is 17.6. The Labute approximate surface area is 139 Å². The van der Waals surface area contributed by atoms with E-state index in [-0.39, 0.29) is 18.3 Å². The lowest BCUT2D eigenvalue weighted by atomic mass is 9.95. The molecule has 0 radical (unpaired) electrons. The molecule has 1 aromatic rings. The van der Waals surface area contributed by atoms with Crippen molar-refractivity contribution in [1.29, 1.82) is 0 Å². The maximum absolute atomic E-state index is 6.13. The molecular weight excluding hydrogens is 290 g/mol. The van der Waals surface area contributed by atoms with Crippen molar-refractivity contribution in [3.8, 4) is 11.5 Å². The van der Waals surface area contributed by atoms with Gasteiger partial charge in [0.05, 0.1) is 6.10 Å². The van der Waals surface area contributed by atoms with Gasteiger partial charge in [0.2, 0.25) is 0 Å². The highest BCUT2D eigenvalue weighted by Crippen LogP contribution is 2.27. The molecule has 1 aliphatic rings. The third kappa shape index (κ3) is 5.77. The highest BCUT2D eigenvalue weighted by atomic mass is 16.7. The van der Waals surface area contributed by atoms with Gasteiger partial charge in [-0.25, -0.2) is 0 Å². The summed E-state index contributed by atoms with van der Waals surface area (Å²) in [5.41, 5.74) is 0. The Balaban J connectivity index is 1.91. The number of benzene rings is 1. The Morgan fingerprint density at radius 2 is 1.74 bits per heavy atom. The van der Waals surface area contributed by atoms with E-state index >= 15 is 0 Å². The summed E-state index contributed by atoms with van der Waals surface area (Å²) in [6.07, 6.45) is 8.39. The summed E-state index contributed by atoms with van der Waals surface area (Å²) in [5.74, 6) is 1.75. The molecule has 1 saturated carbocycles. The highest BCUT2D eigenvalue weighted by Gasteiger charge is 2.28. The summed E-state index contributed by atoms with van der Waals surface area (Å²) < 4.78 is 11.9. The molecule has 2 rings (SSSR count). The molecule has 0 N–H and O–H groups in total. The molecule has 0 saturated heterocycles. The fraction of sp³-hybridized carbons (Fsp3) is 0.632. The molecule has 0 spiro atoms. The summed E-state index contributed by atoms with van der Waals surface area (Å²) >= 11 is 0. The molecule has 23 heavy (non-hydrogen) atoms. The molecule has 1 aromatic carbocycles. The zero-order valence-electron chi connectivity index (χ0n) is 14.5. The van der Waals surface area contributed by atoms with Gasteiger partial charge in [-0.1, -0.05) is 19.0 Å². The van der Waals surface area contributed by atoms with E-state index in [0.717, 1.165) is 37.2 Å². The fourth-order valence-corrected chi connectivity index (χ4v) is 2.60. The molecule has 3 unspecified atom stereocenters. The number of hydrogen-bond acceptors (Lipinski definition) is 4. The van der Waals surface area contributed by atoms with Crippen LogP contribution in [-0.4, -0.2) is 24.5 Å². The summed E-state index contributed by atoms with van der Waals surface area (Å²) in [7, 11) is 0. The first-order valence-corrected chi connectivity index (χ1v) is 8.84. The topological polar surface area (TPSA) is 40.0 Å². The van der Waals surface area contributed by atoms with Gasteiger partial charge in [0.1, 0.15) is 17.6 Å². The van der Waals surface area contributed by atoms with Gasteiger partial charge >= 0.3 is 0 Å². The number of hydrogen-bond donors (Lipinski definition) is 0. The lowest BCUT2D eigenvalue weighted by Crippen LogP contribution is -2.36. The molecule has 0 heterocycles. The molecule has 0 amide bonds. The lowest BCUT2D eigenvalue weighted by molar-refractivity contribution is -0.0452. The monoisotopic (exact) mass is 319 g/mol. The van der Waals surface area contributed by atoms with Crippen LogP contribution in [0.15, 0.2) is 29.4 Å². The first-order chi connectivity index (χ1) is 11.2. The van der Waals surface area contributed by atoms with Crippen LogP contribution in [0, 0.1) is 0 Å². The van der Waals surface area contributed by atoms with Crippen molar-refractivity contribution in [2.24, 2.45) is 5.16 Å². The molecule has 0 bridgehead atoms. The van der Waals surface area contributed by atoms with E-state index in [0.29, 0.717) is 0 Å². The van der Waals surface area contributed by atoms with Gasteiger partial charge in [0, 0.05) is 6.21 Å². The van der Waals surface area contributed by atoms with E-state index in [4.69, 9.17) is 14.3 Å². The minimum atomic E-state index is 0.0441. The van der Waals surface area contributed by atoms with Crippen LogP contribution in [0.1, 0.15) is 59.3 Å². The van der Waals surface area contributed by atoms with Crippen LogP contribution in [0.25, 0.3) is 0 Å². The highest BCUT2D eigenvalue weighted by molar-refractivity contribution is 5.55. The fourth-order valence-electron chi connectivity index (χ4n) is 2.60. The largest absolute Gasteiger partial charge is 0.491 e. The minimum absolute atomic E-state index is 0.0441. The average molecular weight is 319 g/mol. The summed E-state index contributed by atoms with van der Waals surface area (Å²) in [6.45, 7) is 6.24. The Bertz CT molecular complexity index is 472. The molecule has 3 atom stereocenters. The standard InChI is InChI=1S/C19H29NO3/c1-4-14-20-23-19-9-7-6-8-18(19)22-17-12-10-16(11-13-17)21-15(3)5-2/h10-15,18-19H,4-9H2,1-3H3/b20-14+. The number of rotatable bonds is 8. The lowest BCUT2D eigenvalue weighted by Gasteiger charge is -2.30. The molecule has 4 nitrogen and oxygen atoms in total. The number of oxime groups is 1. The predicted octanol–water partition coefficient (Wildman–Crippen LogP) is 4.97. The van der Waals surface area contributed by atoms with Crippen molar-refractivity contribution in [2.75, 3.05) is 0 Å². The SMILES string of the molecule is CC/C=N/OC1CCCCC1Oc1ccc(OC(C)CC)cc1. The van der Waals surface area contributed by atoms with E-state index in [9.17, 15) is 0 Å². The maximum atomic E-state index is 6.13. The molecule has 128 valence electrons. The first-order valence-electron chi connectivity index (χ1n) is 8.84. The van der Waals surface area contributed by atoms with E-state index in [1.807, 2.05) is 31.2 Å². The summed E-state index contributed by atoms with van der Waals surface area (Å²) in [6, 6.07) is 7.88. The maximum Gasteiger partial charge on any atom is 0.164 e. The molecule has 4 heteroatoms. The van der Waals surface area contributed by atoms with Crippen LogP contribution in [0.4, 0.5) is 0 Å². The summed E-state index contributed by atoms with van der Waals surface area (Å²) in [4.78, 5) is 5.62. The molecule has 1 fully saturated rings. The minimum Gasteiger partial charge on any atom is -0.491 e. The van der Waals surface area contributed by atoms with E-state index in [1.54, 1.807) is 6.21 Å². The van der Waals surface area contributed by atoms with Gasteiger partial charge in [0.25, 0.3) is 0 Å². The third-order valence-electron chi connectivity index (χ3n) is 4.12. The van der Waals surface area contributed by atoms with Gasteiger partial charge in [0.15, 0.2) is 6.10 Å². The smallest absolute Gasteiger partial charge is 0.164 e. The zero-order valence-corrected chi connectivity index (χ0v) is 14.5. The van der Waals surface area contributed by atoms with Crippen molar-refractivity contribution in [1.82, 2.24) is 0 Å². The molecule has 1 aliphatic carbocycles. The van der Waals surface area contributed by atoms with Gasteiger partial charge in [-0.3, -0.25) is 0 Å². The van der Waals surface area contributed by atoms with Crippen LogP contribution in [0.5, 0.6) is 11.5 Å². The second-order valence-electron chi connectivity index (χ2n) is 6.09. The summed E-state index contributed by atoms with van der Waals surface area (Å²) in [5, 5.41) is 4.04. The van der Waals surface area contributed by atoms with Crippen LogP contribution >= 0.6 is 0 Å². The Morgan fingerprint density at radius 1 is 1.09 bits per heavy atom. The quantitative estimate of drug-likeness (QED) is 0.502. The number of nitrogens with zero attached hydrogens (tertiary/aromatic N) is 1. The molecule has 0 aliphatic heterocycles. The van der Waals surface area contributed by atoms with Crippen LogP contribution in [-0.2, 0) is 4.84 Å². The zero-order chi connectivity index (χ0) is 16.5. The van der Waals surface area contributed by atoms with Crippen molar-refractivity contribution in [3.63, 3.8) is 0 Å². The van der Waals surface area contributed by atoms with Gasteiger partial charge in [-0.15, -0.1) is 0 Å². The van der Waals surface area contributed by atoms with Crippen LogP contribution in [0.2, 0.25) is 0 Å². The predicted molar refractivity (Wildman–Crippen MR) is 93.4 cm³/mol. The average Bonchev–Trinajstić information content (AvgIpc) is 2.58. The van der Waals surface area contributed by atoms with E-state index in [1.165, 1.54) is 12.8 Å². The Hall–Kier alpha value is -1.71. The van der Waals surface area contributed by atoms with Crippen molar-refractivity contribution < 1.29 is 14.3 Å². The Morgan fingerprint density at radius 3 is 2.39 bits per heavy atom. The van der Waals surface area contributed by atoms with Gasteiger partial charge < -0.3 is 14.3 Å². The number of ether oxygens (including phenoxy) is 2. The normalized spacial score (nSPS) is 22.7. The van der Waals surface area contributed by atoms with Crippen molar-refractivity contribution >= 4 is 6.21 Å². The molecule has 0 aromatic heterocycles. The van der Waals surface area contributed by atoms with Crippen LogP contribution < -0.4 is 9.47 Å². The van der Waals surface area contributed by atoms with E-state index < -0.39 is 0 Å². The van der Waals surface area contributed by atoms with E-state index in [2.05, 4.69) is 19.0 Å². The van der Waals surface area contributed by atoms with Crippen LogP contribution in [0.3, 0.4) is 0 Å². The third-order valence-corrected chi connectivity index (χ3v) is 4.12. The van der Waals surface area contributed by atoms with Crippen molar-refractivity contribution in [3.05, 3.63) is 24.3 Å². The second kappa shape index (κ2) is 9.43. The van der Waals surface area contributed by atoms with Crippen molar-refractivity contribution in [2.45, 2.75) is 77.6 Å². The van der Waals surface area contributed by atoms with Gasteiger partial charge in [-0.05, 0) is 69.7 Å². The van der Waals surface area contributed by atoms with Gasteiger partial charge in [-0.2, -0.15) is 0 Å². The molecular formula is C19H29NO3. The second-order valence-corrected chi connectivity index (χ2v) is 6.09. The Kier molecular flexibility index (Phi) is 7.24.